The minimum Gasteiger partial charge on any atom is -0.454 e. The van der Waals surface area contributed by atoms with Crippen LogP contribution in [0.4, 0.5) is 0 Å². The molecule has 218 valence electrons. The lowest BCUT2D eigenvalue weighted by molar-refractivity contribution is -0.137. The highest BCUT2D eigenvalue weighted by Gasteiger charge is 2.28. The fourth-order valence-electron chi connectivity index (χ4n) is 5.13. The maximum absolute atomic E-state index is 13.2. The van der Waals surface area contributed by atoms with Gasteiger partial charge in [-0.05, 0) is 30.5 Å². The van der Waals surface area contributed by atoms with Gasteiger partial charge in [-0.3, -0.25) is 14.5 Å². The zero-order chi connectivity index (χ0) is 27.7. The summed E-state index contributed by atoms with van der Waals surface area (Å²) in [6.07, 6.45) is 1.68. The molecule has 2 aromatic rings. The number of piperazine rings is 1. The molecule has 4 heterocycles. The number of nitrogens with zero attached hydrogens (tertiary/aromatic N) is 4. The number of ether oxygens (including phenoxy) is 5. The number of piperidine rings is 1. The quantitative estimate of drug-likeness (QED) is 0.353. The minimum absolute atomic E-state index is 0.00110. The van der Waals surface area contributed by atoms with E-state index in [2.05, 4.69) is 11.0 Å². The summed E-state index contributed by atoms with van der Waals surface area (Å²) in [4.78, 5) is 36.5. The van der Waals surface area contributed by atoms with Gasteiger partial charge < -0.3 is 33.5 Å². The summed E-state index contributed by atoms with van der Waals surface area (Å²) in [5.74, 6) is 1.86. The fraction of sp³-hybridized carbons (Fsp3) is 0.607. The summed E-state index contributed by atoms with van der Waals surface area (Å²) in [6.45, 7) is 7.38. The standard InChI is InChI=1S/C28H38N4O7S/c1-35-12-13-36-14-15-37-18-26(33)31-6-4-22(5-7-31)27-29-23(19-40-27)28(34)32-10-8-30(9-11-32)17-21-2-3-24-25(16-21)39-20-38-24/h2-3,16,19,22H,4-15,17-18,20H2,1H3. The molecule has 0 unspecified atom stereocenters. The van der Waals surface area contributed by atoms with Gasteiger partial charge in [-0.2, -0.15) is 0 Å². The van der Waals surface area contributed by atoms with Crippen LogP contribution in [-0.4, -0.2) is 118 Å². The molecular formula is C28H38N4O7S. The zero-order valence-electron chi connectivity index (χ0n) is 23.0. The van der Waals surface area contributed by atoms with Gasteiger partial charge in [0, 0.05) is 64.2 Å². The Bertz CT molecular complexity index is 1130. The van der Waals surface area contributed by atoms with E-state index in [4.69, 9.17) is 28.7 Å². The molecule has 0 saturated carbocycles. The van der Waals surface area contributed by atoms with Gasteiger partial charge in [0.1, 0.15) is 12.3 Å². The van der Waals surface area contributed by atoms with Crippen molar-refractivity contribution in [2.75, 3.05) is 86.2 Å². The number of hydrogen-bond donors (Lipinski definition) is 0. The van der Waals surface area contributed by atoms with Crippen molar-refractivity contribution in [2.24, 2.45) is 0 Å². The summed E-state index contributed by atoms with van der Waals surface area (Å²) in [7, 11) is 1.63. The van der Waals surface area contributed by atoms with Gasteiger partial charge in [-0.25, -0.2) is 4.98 Å². The van der Waals surface area contributed by atoms with E-state index in [-0.39, 0.29) is 31.1 Å². The Hall–Kier alpha value is -2.77. The van der Waals surface area contributed by atoms with Crippen LogP contribution in [0.25, 0.3) is 0 Å². The molecule has 1 aromatic carbocycles. The predicted molar refractivity (Wildman–Crippen MR) is 148 cm³/mol. The lowest BCUT2D eigenvalue weighted by Gasteiger charge is -2.34. The molecule has 40 heavy (non-hydrogen) atoms. The van der Waals surface area contributed by atoms with E-state index in [1.165, 1.54) is 5.56 Å². The van der Waals surface area contributed by atoms with E-state index in [1.807, 2.05) is 27.3 Å². The summed E-state index contributed by atoms with van der Waals surface area (Å²) in [6, 6.07) is 6.06. The third kappa shape index (κ3) is 7.49. The van der Waals surface area contributed by atoms with Crippen molar-refractivity contribution in [3.05, 3.63) is 39.8 Å². The van der Waals surface area contributed by atoms with Crippen molar-refractivity contribution >= 4 is 23.2 Å². The van der Waals surface area contributed by atoms with Gasteiger partial charge in [0.2, 0.25) is 12.7 Å². The molecule has 3 aliphatic heterocycles. The predicted octanol–water partition coefficient (Wildman–Crippen LogP) is 2.22. The molecule has 5 rings (SSSR count). The lowest BCUT2D eigenvalue weighted by atomic mass is 9.97. The lowest BCUT2D eigenvalue weighted by Crippen LogP contribution is -2.48. The SMILES string of the molecule is COCCOCCOCC(=O)N1CCC(c2nc(C(=O)N3CCN(Cc4ccc5c(c4)OCO5)CC3)cs2)CC1. The third-order valence-electron chi connectivity index (χ3n) is 7.47. The molecule has 2 fully saturated rings. The first-order chi connectivity index (χ1) is 19.6. The molecular weight excluding hydrogens is 536 g/mol. The Morgan fingerprint density at radius 3 is 2.50 bits per heavy atom. The number of methoxy groups -OCH3 is 1. The van der Waals surface area contributed by atoms with Crippen LogP contribution < -0.4 is 9.47 Å². The highest BCUT2D eigenvalue weighted by molar-refractivity contribution is 7.09. The smallest absolute Gasteiger partial charge is 0.273 e. The van der Waals surface area contributed by atoms with E-state index in [9.17, 15) is 9.59 Å². The van der Waals surface area contributed by atoms with Gasteiger partial charge in [-0.15, -0.1) is 11.3 Å². The van der Waals surface area contributed by atoms with Gasteiger partial charge in [-0.1, -0.05) is 6.07 Å². The molecule has 0 aliphatic carbocycles. The number of carbonyl (C=O) groups excluding carboxylic acids is 2. The van der Waals surface area contributed by atoms with Gasteiger partial charge >= 0.3 is 0 Å². The fourth-order valence-corrected chi connectivity index (χ4v) is 6.10. The number of carbonyl (C=O) groups is 2. The van der Waals surface area contributed by atoms with Crippen molar-refractivity contribution in [2.45, 2.75) is 25.3 Å². The second kappa shape index (κ2) is 14.2. The number of hydrogen-bond acceptors (Lipinski definition) is 10. The van der Waals surface area contributed by atoms with E-state index in [0.717, 1.165) is 49.0 Å². The number of likely N-dealkylation sites (tertiary alicyclic amines) is 1. The summed E-state index contributed by atoms with van der Waals surface area (Å²) < 4.78 is 26.6. The maximum Gasteiger partial charge on any atom is 0.273 e. The normalized spacial score (nSPS) is 17.9. The molecule has 0 atom stereocenters. The largest absolute Gasteiger partial charge is 0.454 e. The van der Waals surface area contributed by atoms with Gasteiger partial charge in [0.25, 0.3) is 5.91 Å². The van der Waals surface area contributed by atoms with Crippen LogP contribution in [0, 0.1) is 0 Å². The second-order valence-corrected chi connectivity index (χ2v) is 11.0. The Kier molecular flexibility index (Phi) is 10.2. The minimum atomic E-state index is 0.00110. The first kappa shape index (κ1) is 28.7. The van der Waals surface area contributed by atoms with Crippen LogP contribution in [0.15, 0.2) is 23.6 Å². The van der Waals surface area contributed by atoms with Crippen molar-refractivity contribution < 1.29 is 33.3 Å². The molecule has 3 aliphatic rings. The van der Waals surface area contributed by atoms with Gasteiger partial charge in [0.05, 0.1) is 31.4 Å². The Morgan fingerprint density at radius 1 is 0.950 bits per heavy atom. The summed E-state index contributed by atoms with van der Waals surface area (Å²) >= 11 is 1.55. The van der Waals surface area contributed by atoms with Crippen molar-refractivity contribution in [3.8, 4) is 11.5 Å². The maximum atomic E-state index is 13.2. The number of fused-ring (bicyclic) bond motifs is 1. The van der Waals surface area contributed by atoms with Crippen molar-refractivity contribution in [1.29, 1.82) is 0 Å². The Morgan fingerprint density at radius 2 is 1.70 bits per heavy atom. The van der Waals surface area contributed by atoms with E-state index < -0.39 is 0 Å². The van der Waals surface area contributed by atoms with Crippen molar-refractivity contribution in [3.63, 3.8) is 0 Å². The van der Waals surface area contributed by atoms with Crippen LogP contribution in [0.1, 0.15) is 39.8 Å². The first-order valence-electron chi connectivity index (χ1n) is 13.9. The average Bonchev–Trinajstić information content (AvgIpc) is 3.67. The highest BCUT2D eigenvalue weighted by Crippen LogP contribution is 2.33. The molecule has 0 bridgehead atoms. The second-order valence-electron chi connectivity index (χ2n) is 10.1. The van der Waals surface area contributed by atoms with E-state index >= 15 is 0 Å². The van der Waals surface area contributed by atoms with Crippen LogP contribution >= 0.6 is 11.3 Å². The topological polar surface area (TPSA) is 103 Å². The molecule has 2 amide bonds. The highest BCUT2D eigenvalue weighted by atomic mass is 32.1. The van der Waals surface area contributed by atoms with Gasteiger partial charge in [0.15, 0.2) is 11.5 Å². The molecule has 0 spiro atoms. The summed E-state index contributed by atoms with van der Waals surface area (Å²) in [5, 5.41) is 2.87. The first-order valence-corrected chi connectivity index (χ1v) is 14.8. The number of rotatable bonds is 12. The number of benzene rings is 1. The van der Waals surface area contributed by atoms with E-state index in [0.29, 0.717) is 58.3 Å². The molecule has 0 radical (unpaired) electrons. The molecule has 0 N–H and O–H groups in total. The molecule has 2 saturated heterocycles. The van der Waals surface area contributed by atoms with Crippen LogP contribution in [0.2, 0.25) is 0 Å². The number of thiazole rings is 1. The third-order valence-corrected chi connectivity index (χ3v) is 8.48. The van der Waals surface area contributed by atoms with E-state index in [1.54, 1.807) is 18.4 Å². The van der Waals surface area contributed by atoms with Crippen molar-refractivity contribution in [1.82, 2.24) is 19.7 Å². The number of amides is 2. The Balaban J connectivity index is 1.01. The van der Waals surface area contributed by atoms with Crippen LogP contribution in [0.3, 0.4) is 0 Å². The zero-order valence-corrected chi connectivity index (χ0v) is 23.9. The van der Waals surface area contributed by atoms with Crippen LogP contribution in [0.5, 0.6) is 11.5 Å². The number of aromatic nitrogens is 1. The monoisotopic (exact) mass is 574 g/mol. The molecule has 12 heteroatoms. The average molecular weight is 575 g/mol. The summed E-state index contributed by atoms with van der Waals surface area (Å²) in [5.41, 5.74) is 1.71. The Labute approximate surface area is 238 Å². The molecule has 11 nitrogen and oxygen atoms in total. The molecule has 1 aromatic heterocycles. The van der Waals surface area contributed by atoms with Crippen LogP contribution in [-0.2, 0) is 25.5 Å².